The lowest BCUT2D eigenvalue weighted by Crippen LogP contribution is -2.17. The minimum Gasteiger partial charge on any atom is -0.290 e. The van der Waals surface area contributed by atoms with E-state index < -0.39 is 9.84 Å². The first kappa shape index (κ1) is 15.3. The summed E-state index contributed by atoms with van der Waals surface area (Å²) in [5, 5.41) is 6.52. The molecule has 0 saturated carbocycles. The first-order chi connectivity index (χ1) is 10.8. The Balaban J connectivity index is 2.13. The number of H-pyrrole nitrogens is 1. The summed E-state index contributed by atoms with van der Waals surface area (Å²) in [7, 11) is -0.284. The van der Waals surface area contributed by atoms with Gasteiger partial charge in [0.25, 0.3) is 5.56 Å². The second-order valence-electron chi connectivity index (χ2n) is 5.25. The predicted octanol–water partition coefficient (Wildman–Crippen LogP) is 1.26. The van der Waals surface area contributed by atoms with Gasteiger partial charge in [-0.05, 0) is 19.1 Å². The zero-order valence-electron chi connectivity index (χ0n) is 12.9. The van der Waals surface area contributed by atoms with Crippen LogP contribution in [0.3, 0.4) is 0 Å². The molecular formula is C15H16N4O3S. The largest absolute Gasteiger partial charge is 0.290 e. The summed E-state index contributed by atoms with van der Waals surface area (Å²) in [6, 6.07) is 9.48. The van der Waals surface area contributed by atoms with Gasteiger partial charge in [-0.3, -0.25) is 19.3 Å². The molecule has 0 radical (unpaired) electrons. The highest BCUT2D eigenvalue weighted by Gasteiger charge is 2.23. The molecule has 0 unspecified atom stereocenters. The van der Waals surface area contributed by atoms with Crippen molar-refractivity contribution in [2.75, 3.05) is 0 Å². The molecule has 23 heavy (non-hydrogen) atoms. The molecule has 1 N–H and O–H groups in total. The lowest BCUT2D eigenvalue weighted by molar-refractivity contribution is 0.567. The Bertz CT molecular complexity index is 1030. The summed E-state index contributed by atoms with van der Waals surface area (Å²) < 4.78 is 28.3. The second-order valence-corrected chi connectivity index (χ2v) is 7.16. The standard InChI is InChI=1S/C15H16N4O3S/c1-10-14(15(20)19(3)18(10)2)12-9-13(17-16-12)23(21,22)11-7-5-4-6-8-11/h4-9H,1-3H3,(H,16,17). The SMILES string of the molecule is Cc1c(-c2cc(S(=O)(=O)c3ccccc3)[nH]n2)c(=O)n(C)n1C. The Hall–Kier alpha value is -2.61. The lowest BCUT2D eigenvalue weighted by Gasteiger charge is -2.00. The minimum absolute atomic E-state index is 0.0380. The fraction of sp³-hybridized carbons (Fsp3) is 0.200. The van der Waals surface area contributed by atoms with E-state index in [9.17, 15) is 13.2 Å². The molecule has 0 spiro atoms. The molecule has 1 aromatic carbocycles. The van der Waals surface area contributed by atoms with Gasteiger partial charge in [0.05, 0.1) is 10.5 Å². The smallest absolute Gasteiger partial charge is 0.276 e. The van der Waals surface area contributed by atoms with Crippen LogP contribution in [0.4, 0.5) is 0 Å². The maximum atomic E-state index is 12.6. The van der Waals surface area contributed by atoms with E-state index in [1.807, 2.05) is 0 Å². The number of rotatable bonds is 3. The number of benzene rings is 1. The Morgan fingerprint density at radius 1 is 1.09 bits per heavy atom. The Labute approximate surface area is 133 Å². The maximum absolute atomic E-state index is 12.6. The van der Waals surface area contributed by atoms with Crippen LogP contribution < -0.4 is 5.56 Å². The van der Waals surface area contributed by atoms with Crippen molar-refractivity contribution < 1.29 is 8.42 Å². The normalized spacial score (nSPS) is 11.8. The van der Waals surface area contributed by atoms with E-state index in [0.29, 0.717) is 17.0 Å². The van der Waals surface area contributed by atoms with Crippen molar-refractivity contribution in [3.63, 3.8) is 0 Å². The van der Waals surface area contributed by atoms with Crippen molar-refractivity contribution in [2.24, 2.45) is 14.1 Å². The van der Waals surface area contributed by atoms with Gasteiger partial charge < -0.3 is 0 Å². The summed E-state index contributed by atoms with van der Waals surface area (Å²) in [6.45, 7) is 1.79. The van der Waals surface area contributed by atoms with Gasteiger partial charge >= 0.3 is 0 Å². The maximum Gasteiger partial charge on any atom is 0.276 e. The third-order valence-electron chi connectivity index (χ3n) is 3.96. The number of aromatic nitrogens is 4. The van der Waals surface area contributed by atoms with Crippen molar-refractivity contribution in [3.8, 4) is 11.3 Å². The lowest BCUT2D eigenvalue weighted by atomic mass is 10.2. The molecule has 0 amide bonds. The topological polar surface area (TPSA) is 89.8 Å². The molecule has 0 aliphatic heterocycles. The van der Waals surface area contributed by atoms with Gasteiger partial charge in [0, 0.05) is 25.9 Å². The highest BCUT2D eigenvalue weighted by molar-refractivity contribution is 7.91. The number of hydrogen-bond donors (Lipinski definition) is 1. The van der Waals surface area contributed by atoms with E-state index in [1.165, 1.54) is 22.9 Å². The summed E-state index contributed by atoms with van der Waals surface area (Å²) in [5.74, 6) is 0. The van der Waals surface area contributed by atoms with Crippen molar-refractivity contribution >= 4 is 9.84 Å². The van der Waals surface area contributed by atoms with Crippen molar-refractivity contribution in [1.82, 2.24) is 19.6 Å². The van der Waals surface area contributed by atoms with Crippen LogP contribution in [0.2, 0.25) is 0 Å². The Morgan fingerprint density at radius 3 is 2.30 bits per heavy atom. The zero-order chi connectivity index (χ0) is 16.8. The molecule has 2 heterocycles. The molecule has 3 rings (SSSR count). The highest BCUT2D eigenvalue weighted by atomic mass is 32.2. The van der Waals surface area contributed by atoms with Crippen molar-refractivity contribution in [3.05, 3.63) is 52.4 Å². The zero-order valence-corrected chi connectivity index (χ0v) is 13.8. The number of sulfone groups is 1. The van der Waals surface area contributed by atoms with E-state index in [4.69, 9.17) is 0 Å². The van der Waals surface area contributed by atoms with Gasteiger partial charge in [0.2, 0.25) is 9.84 Å². The van der Waals surface area contributed by atoms with E-state index in [1.54, 1.807) is 43.9 Å². The molecule has 0 bridgehead atoms. The molecule has 3 aromatic rings. The molecule has 0 aliphatic rings. The highest BCUT2D eigenvalue weighted by Crippen LogP contribution is 2.24. The van der Waals surface area contributed by atoms with Crippen LogP contribution in [-0.2, 0) is 23.9 Å². The molecule has 0 aliphatic carbocycles. The van der Waals surface area contributed by atoms with Gasteiger partial charge in [-0.15, -0.1) is 0 Å². The van der Waals surface area contributed by atoms with Gasteiger partial charge in [-0.2, -0.15) is 5.10 Å². The second kappa shape index (κ2) is 5.24. The van der Waals surface area contributed by atoms with E-state index in [2.05, 4.69) is 10.2 Å². The van der Waals surface area contributed by atoms with Gasteiger partial charge in [0.1, 0.15) is 5.69 Å². The molecule has 8 heteroatoms. The van der Waals surface area contributed by atoms with E-state index in [-0.39, 0.29) is 15.5 Å². The summed E-state index contributed by atoms with van der Waals surface area (Å²) in [4.78, 5) is 12.5. The first-order valence-corrected chi connectivity index (χ1v) is 8.41. The molecule has 120 valence electrons. The van der Waals surface area contributed by atoms with E-state index in [0.717, 1.165) is 0 Å². The molecule has 7 nitrogen and oxygen atoms in total. The van der Waals surface area contributed by atoms with Crippen LogP contribution in [-0.4, -0.2) is 28.0 Å². The molecule has 2 aromatic heterocycles. The molecule has 0 saturated heterocycles. The number of nitrogens with zero attached hydrogens (tertiary/aromatic N) is 3. The average Bonchev–Trinajstić information content (AvgIpc) is 3.10. The number of nitrogens with one attached hydrogen (secondary N) is 1. The van der Waals surface area contributed by atoms with Crippen LogP contribution in [0.1, 0.15) is 5.69 Å². The monoisotopic (exact) mass is 332 g/mol. The van der Waals surface area contributed by atoms with Crippen molar-refractivity contribution in [1.29, 1.82) is 0 Å². The van der Waals surface area contributed by atoms with E-state index >= 15 is 0 Å². The summed E-state index contributed by atoms with van der Waals surface area (Å²) >= 11 is 0. The first-order valence-electron chi connectivity index (χ1n) is 6.92. The van der Waals surface area contributed by atoms with Crippen LogP contribution in [0.25, 0.3) is 11.3 Å². The Morgan fingerprint density at radius 2 is 1.74 bits per heavy atom. The average molecular weight is 332 g/mol. The quantitative estimate of drug-likeness (QED) is 0.782. The van der Waals surface area contributed by atoms with Gasteiger partial charge in [-0.1, -0.05) is 18.2 Å². The predicted molar refractivity (Wildman–Crippen MR) is 84.9 cm³/mol. The molecule has 0 atom stereocenters. The fourth-order valence-electron chi connectivity index (χ4n) is 2.43. The van der Waals surface area contributed by atoms with Gasteiger partial charge in [0.15, 0.2) is 5.03 Å². The number of hydrogen-bond acceptors (Lipinski definition) is 4. The summed E-state index contributed by atoms with van der Waals surface area (Å²) in [5.41, 5.74) is 1.20. The van der Waals surface area contributed by atoms with Gasteiger partial charge in [-0.25, -0.2) is 8.42 Å². The summed E-state index contributed by atoms with van der Waals surface area (Å²) in [6.07, 6.45) is 0. The number of aromatic amines is 1. The van der Waals surface area contributed by atoms with Crippen molar-refractivity contribution in [2.45, 2.75) is 16.8 Å². The fourth-order valence-corrected chi connectivity index (χ4v) is 3.63. The van der Waals surface area contributed by atoms with Crippen LogP contribution in [0.15, 0.2) is 51.1 Å². The third kappa shape index (κ3) is 2.31. The van der Waals surface area contributed by atoms with Crippen LogP contribution >= 0.6 is 0 Å². The molecular weight excluding hydrogens is 316 g/mol. The Kier molecular flexibility index (Phi) is 3.48. The minimum atomic E-state index is -3.69. The van der Waals surface area contributed by atoms with Crippen LogP contribution in [0.5, 0.6) is 0 Å². The molecule has 0 fully saturated rings. The van der Waals surface area contributed by atoms with Crippen LogP contribution in [0, 0.1) is 6.92 Å². The third-order valence-corrected chi connectivity index (χ3v) is 5.64.